The van der Waals surface area contributed by atoms with Gasteiger partial charge in [0.2, 0.25) is 10.0 Å². The second kappa shape index (κ2) is 5.72. The number of thiocarbonyl (C=S) groups is 1. The third kappa shape index (κ3) is 3.72. The van der Waals surface area contributed by atoms with Gasteiger partial charge in [-0.3, -0.25) is 0 Å². The Hall–Kier alpha value is -1.10. The summed E-state index contributed by atoms with van der Waals surface area (Å²) in [5.74, 6) is -1.05. The summed E-state index contributed by atoms with van der Waals surface area (Å²) in [6.45, 7) is -0.278. The molecule has 0 aliphatic heterocycles. The number of nitrogens with zero attached hydrogens (tertiary/aromatic N) is 1. The minimum Gasteiger partial charge on any atom is -0.392 e. The van der Waals surface area contributed by atoms with Gasteiger partial charge in [0.25, 0.3) is 0 Å². The molecule has 20 heavy (non-hydrogen) atoms. The molecule has 0 spiro atoms. The summed E-state index contributed by atoms with van der Waals surface area (Å²) in [7, 11) is -6.70. The van der Waals surface area contributed by atoms with Crippen molar-refractivity contribution in [1.82, 2.24) is 4.31 Å². The van der Waals surface area contributed by atoms with Crippen LogP contribution in [-0.4, -0.2) is 46.0 Å². The van der Waals surface area contributed by atoms with Crippen molar-refractivity contribution in [1.29, 1.82) is 0 Å². The number of benzene rings is 1. The Morgan fingerprint density at radius 2 is 1.90 bits per heavy atom. The van der Waals surface area contributed by atoms with Gasteiger partial charge in [-0.15, -0.1) is 0 Å². The van der Waals surface area contributed by atoms with Crippen molar-refractivity contribution in [2.45, 2.75) is 9.79 Å². The highest BCUT2D eigenvalue weighted by molar-refractivity contribution is 7.91. The van der Waals surface area contributed by atoms with Crippen LogP contribution in [0.5, 0.6) is 0 Å². The smallest absolute Gasteiger partial charge is 0.246 e. The first-order valence-corrected chi connectivity index (χ1v) is 8.94. The molecule has 1 aromatic carbocycles. The van der Waals surface area contributed by atoms with Crippen molar-refractivity contribution >= 4 is 37.1 Å². The van der Waals surface area contributed by atoms with Crippen LogP contribution in [0.4, 0.5) is 4.39 Å². The predicted octanol–water partition coefficient (Wildman–Crippen LogP) is 0.136. The van der Waals surface area contributed by atoms with E-state index in [0.29, 0.717) is 0 Å². The van der Waals surface area contributed by atoms with Crippen LogP contribution in [0.1, 0.15) is 0 Å². The second-order valence-corrected chi connectivity index (χ2v) is 8.65. The molecular weight excluding hydrogens is 327 g/mol. The highest BCUT2D eigenvalue weighted by atomic mass is 32.2. The maximum Gasteiger partial charge on any atom is 0.246 e. The lowest BCUT2D eigenvalue weighted by Gasteiger charge is -2.17. The molecule has 0 aliphatic carbocycles. The summed E-state index contributed by atoms with van der Waals surface area (Å²) in [6, 6.07) is 2.56. The standard InChI is InChI=1S/C10H13FN2O4S3/c1-13(6-10(12)18)20(16,17)9-5-7(19(2,14)15)3-4-8(9)11/h3-5H,6H2,1-2H3,(H2,12,18). The van der Waals surface area contributed by atoms with E-state index >= 15 is 0 Å². The molecule has 0 bridgehead atoms. The van der Waals surface area contributed by atoms with Crippen molar-refractivity contribution in [3.8, 4) is 0 Å². The Bertz CT molecular complexity index is 744. The zero-order valence-electron chi connectivity index (χ0n) is 10.7. The average molecular weight is 340 g/mol. The maximum absolute atomic E-state index is 13.7. The van der Waals surface area contributed by atoms with Gasteiger partial charge >= 0.3 is 0 Å². The van der Waals surface area contributed by atoms with Crippen molar-refractivity contribution in [2.24, 2.45) is 5.73 Å². The van der Waals surface area contributed by atoms with E-state index in [0.717, 1.165) is 28.8 Å². The largest absolute Gasteiger partial charge is 0.392 e. The van der Waals surface area contributed by atoms with Crippen molar-refractivity contribution in [2.75, 3.05) is 19.8 Å². The molecule has 0 radical (unpaired) electrons. The van der Waals surface area contributed by atoms with Crippen LogP contribution in [0.15, 0.2) is 28.0 Å². The van der Waals surface area contributed by atoms with Gasteiger partial charge in [0, 0.05) is 13.3 Å². The zero-order chi connectivity index (χ0) is 15.7. The quantitative estimate of drug-likeness (QED) is 0.605. The molecule has 2 N–H and O–H groups in total. The first-order valence-electron chi connectivity index (χ1n) is 5.20. The summed E-state index contributed by atoms with van der Waals surface area (Å²) < 4.78 is 61.5. The lowest BCUT2D eigenvalue weighted by molar-refractivity contribution is 0.494. The lowest BCUT2D eigenvalue weighted by Crippen LogP contribution is -2.35. The molecule has 0 unspecified atom stereocenters. The van der Waals surface area contributed by atoms with E-state index < -0.39 is 30.6 Å². The van der Waals surface area contributed by atoms with Gasteiger partial charge in [-0.25, -0.2) is 21.2 Å². The number of sulfone groups is 1. The number of hydrogen-bond acceptors (Lipinski definition) is 5. The molecule has 0 atom stereocenters. The fraction of sp³-hybridized carbons (Fsp3) is 0.300. The molecule has 0 saturated heterocycles. The molecule has 112 valence electrons. The number of likely N-dealkylation sites (N-methyl/N-ethyl adjacent to an activating group) is 1. The van der Waals surface area contributed by atoms with Crippen LogP contribution >= 0.6 is 12.2 Å². The number of nitrogens with two attached hydrogens (primary N) is 1. The van der Waals surface area contributed by atoms with E-state index in [4.69, 9.17) is 5.73 Å². The van der Waals surface area contributed by atoms with Crippen LogP contribution in [0.25, 0.3) is 0 Å². The molecular formula is C10H13FN2O4S3. The second-order valence-electron chi connectivity index (χ2n) is 4.09. The average Bonchev–Trinajstić information content (AvgIpc) is 2.26. The molecule has 1 rings (SSSR count). The van der Waals surface area contributed by atoms with E-state index in [2.05, 4.69) is 12.2 Å². The first-order chi connectivity index (χ1) is 8.96. The third-order valence-corrected chi connectivity index (χ3v) is 5.46. The Morgan fingerprint density at radius 1 is 1.35 bits per heavy atom. The van der Waals surface area contributed by atoms with Crippen molar-refractivity contribution < 1.29 is 21.2 Å². The minimum absolute atomic E-state index is 0.0873. The lowest BCUT2D eigenvalue weighted by atomic mass is 10.3. The molecule has 1 aromatic rings. The fourth-order valence-electron chi connectivity index (χ4n) is 1.38. The normalized spacial score (nSPS) is 12.6. The Morgan fingerprint density at radius 3 is 2.35 bits per heavy atom. The Kier molecular flexibility index (Phi) is 4.85. The van der Waals surface area contributed by atoms with Gasteiger partial charge in [-0.05, 0) is 18.2 Å². The van der Waals surface area contributed by atoms with Gasteiger partial charge in [-0.2, -0.15) is 4.31 Å². The number of sulfonamides is 1. The van der Waals surface area contributed by atoms with E-state index in [1.807, 2.05) is 0 Å². The van der Waals surface area contributed by atoms with Crippen LogP contribution in [0.3, 0.4) is 0 Å². The number of rotatable bonds is 5. The summed E-state index contributed by atoms with van der Waals surface area (Å²) in [6.07, 6.45) is 0.898. The van der Waals surface area contributed by atoms with Crippen LogP contribution < -0.4 is 5.73 Å². The molecule has 0 fully saturated rings. The highest BCUT2D eigenvalue weighted by Crippen LogP contribution is 2.22. The topological polar surface area (TPSA) is 97.5 Å². The Labute approximate surface area is 122 Å². The van der Waals surface area contributed by atoms with E-state index in [1.165, 1.54) is 7.05 Å². The van der Waals surface area contributed by atoms with E-state index in [1.54, 1.807) is 0 Å². The van der Waals surface area contributed by atoms with Crippen LogP contribution in [-0.2, 0) is 19.9 Å². The maximum atomic E-state index is 13.7. The molecule has 0 saturated carbocycles. The van der Waals surface area contributed by atoms with E-state index in [9.17, 15) is 21.2 Å². The molecule has 0 heterocycles. The van der Waals surface area contributed by atoms with Crippen LogP contribution in [0.2, 0.25) is 0 Å². The van der Waals surface area contributed by atoms with Crippen molar-refractivity contribution in [3.05, 3.63) is 24.0 Å². The highest BCUT2D eigenvalue weighted by Gasteiger charge is 2.26. The number of hydrogen-bond donors (Lipinski definition) is 1. The van der Waals surface area contributed by atoms with Gasteiger partial charge in [0.1, 0.15) is 10.7 Å². The molecule has 10 heteroatoms. The molecule has 0 aromatic heterocycles. The summed E-state index contributed by atoms with van der Waals surface area (Å²) in [4.78, 5) is -1.11. The van der Waals surface area contributed by atoms with Gasteiger partial charge in [0.15, 0.2) is 9.84 Å². The Balaban J connectivity index is 3.42. The minimum atomic E-state index is -4.22. The fourth-order valence-corrected chi connectivity index (χ4v) is 3.62. The molecule has 6 nitrogen and oxygen atoms in total. The zero-order valence-corrected chi connectivity index (χ0v) is 13.1. The summed E-state index contributed by atoms with van der Waals surface area (Å²) in [5, 5.41) is 0. The first kappa shape index (κ1) is 17.0. The SMILES string of the molecule is CN(CC(N)=S)S(=O)(=O)c1cc(S(C)(=O)=O)ccc1F. The van der Waals surface area contributed by atoms with Gasteiger partial charge < -0.3 is 5.73 Å². The predicted molar refractivity (Wildman–Crippen MR) is 76.1 cm³/mol. The summed E-state index contributed by atoms with van der Waals surface area (Å²) >= 11 is 4.59. The van der Waals surface area contributed by atoms with Gasteiger partial charge in [-0.1, -0.05) is 12.2 Å². The number of halogens is 1. The van der Waals surface area contributed by atoms with E-state index in [-0.39, 0.29) is 16.4 Å². The monoisotopic (exact) mass is 340 g/mol. The molecule has 0 aliphatic rings. The summed E-state index contributed by atoms with van der Waals surface area (Å²) in [5.41, 5.74) is 5.24. The molecule has 0 amide bonds. The third-order valence-electron chi connectivity index (χ3n) is 2.40. The van der Waals surface area contributed by atoms with Gasteiger partial charge in [0.05, 0.1) is 16.4 Å². The van der Waals surface area contributed by atoms with Crippen molar-refractivity contribution in [3.63, 3.8) is 0 Å². The van der Waals surface area contributed by atoms with Crippen LogP contribution in [0, 0.1) is 5.82 Å².